The molecule has 5 heteroatoms. The molecule has 0 aromatic heterocycles. The van der Waals surface area contributed by atoms with E-state index in [1.807, 2.05) is 20.8 Å². The van der Waals surface area contributed by atoms with Crippen LogP contribution < -0.4 is 5.73 Å². The first-order valence-electron chi connectivity index (χ1n) is 5.89. The number of ketones is 1. The van der Waals surface area contributed by atoms with Gasteiger partial charge in [0.15, 0.2) is 0 Å². The molecule has 0 aromatic carbocycles. The number of hydrogen-bond acceptors (Lipinski definition) is 4. The van der Waals surface area contributed by atoms with Gasteiger partial charge in [0.05, 0.1) is 5.41 Å². The molecule has 0 spiro atoms. The third-order valence-electron chi connectivity index (χ3n) is 2.92. The normalized spacial score (nSPS) is 25.9. The molecule has 17 heavy (non-hydrogen) atoms. The number of piperidine rings is 1. The molecular weight excluding hydrogens is 220 g/mol. The lowest BCUT2D eigenvalue weighted by Gasteiger charge is -2.38. The van der Waals surface area contributed by atoms with Crippen LogP contribution in [0.1, 0.15) is 34.1 Å². The van der Waals surface area contributed by atoms with Crippen LogP contribution >= 0.6 is 0 Å². The maximum atomic E-state index is 11.9. The maximum Gasteiger partial charge on any atom is 0.410 e. The molecule has 1 amide bonds. The van der Waals surface area contributed by atoms with Crippen molar-refractivity contribution in [3.8, 4) is 0 Å². The van der Waals surface area contributed by atoms with E-state index in [0.29, 0.717) is 19.5 Å². The van der Waals surface area contributed by atoms with Crippen LogP contribution in [0.15, 0.2) is 0 Å². The van der Waals surface area contributed by atoms with Gasteiger partial charge in [-0.25, -0.2) is 4.79 Å². The zero-order valence-corrected chi connectivity index (χ0v) is 11.1. The summed E-state index contributed by atoms with van der Waals surface area (Å²) in [7, 11) is 0. The smallest absolute Gasteiger partial charge is 0.410 e. The molecule has 0 bridgehead atoms. The molecule has 0 aliphatic carbocycles. The number of ether oxygens (including phenoxy) is 1. The number of likely N-dealkylation sites (tertiary alicyclic amines) is 1. The van der Waals surface area contributed by atoms with Crippen molar-refractivity contribution in [1.82, 2.24) is 4.90 Å². The SMILES string of the molecule is CC(C)(C)OC(=O)N1CCC(=O)C(C)(CN)C1. The monoisotopic (exact) mass is 242 g/mol. The van der Waals surface area contributed by atoms with Gasteiger partial charge in [-0.1, -0.05) is 0 Å². The number of amides is 1. The van der Waals surface area contributed by atoms with Crippen LogP contribution in [0.4, 0.5) is 4.79 Å². The van der Waals surface area contributed by atoms with E-state index in [1.165, 1.54) is 0 Å². The molecule has 1 atom stereocenters. The molecule has 2 N–H and O–H groups in total. The van der Waals surface area contributed by atoms with Crippen molar-refractivity contribution in [2.45, 2.75) is 39.7 Å². The van der Waals surface area contributed by atoms with Gasteiger partial charge in [-0.05, 0) is 27.7 Å². The van der Waals surface area contributed by atoms with Crippen LogP contribution in [0.5, 0.6) is 0 Å². The Morgan fingerprint density at radius 3 is 2.59 bits per heavy atom. The summed E-state index contributed by atoms with van der Waals surface area (Å²) in [6, 6.07) is 0. The lowest BCUT2D eigenvalue weighted by atomic mass is 9.81. The summed E-state index contributed by atoms with van der Waals surface area (Å²) in [6.07, 6.45) is -0.0166. The number of nitrogens with zero attached hydrogens (tertiary/aromatic N) is 1. The molecular formula is C12H22N2O3. The minimum atomic E-state index is -0.630. The van der Waals surface area contributed by atoms with E-state index in [-0.39, 0.29) is 18.4 Å². The lowest BCUT2D eigenvalue weighted by Crippen LogP contribution is -2.54. The molecule has 0 aromatic rings. The second kappa shape index (κ2) is 4.64. The topological polar surface area (TPSA) is 72.6 Å². The van der Waals surface area contributed by atoms with E-state index in [4.69, 9.17) is 10.5 Å². The first kappa shape index (κ1) is 14.0. The van der Waals surface area contributed by atoms with Crippen molar-refractivity contribution < 1.29 is 14.3 Å². The van der Waals surface area contributed by atoms with Crippen molar-refractivity contribution >= 4 is 11.9 Å². The summed E-state index contributed by atoms with van der Waals surface area (Å²) in [6.45, 7) is 8.28. The van der Waals surface area contributed by atoms with Gasteiger partial charge >= 0.3 is 6.09 Å². The van der Waals surface area contributed by atoms with Gasteiger partial charge in [-0.2, -0.15) is 0 Å². The fraction of sp³-hybridized carbons (Fsp3) is 0.833. The predicted octanol–water partition coefficient (Wildman–Crippen LogP) is 1.16. The van der Waals surface area contributed by atoms with Gasteiger partial charge in [-0.15, -0.1) is 0 Å². The first-order valence-corrected chi connectivity index (χ1v) is 5.89. The second-order valence-electron chi connectivity index (χ2n) is 5.84. The first-order chi connectivity index (χ1) is 7.68. The Kier molecular flexibility index (Phi) is 3.81. The van der Waals surface area contributed by atoms with Crippen molar-refractivity contribution in [1.29, 1.82) is 0 Å². The second-order valence-corrected chi connectivity index (χ2v) is 5.84. The molecule has 98 valence electrons. The highest BCUT2D eigenvalue weighted by Gasteiger charge is 2.40. The van der Waals surface area contributed by atoms with E-state index in [1.54, 1.807) is 11.8 Å². The molecule has 0 saturated carbocycles. The largest absolute Gasteiger partial charge is 0.444 e. The Morgan fingerprint density at radius 1 is 1.53 bits per heavy atom. The summed E-state index contributed by atoms with van der Waals surface area (Å²) in [5.41, 5.74) is 4.47. The molecule has 1 aliphatic heterocycles. The fourth-order valence-electron chi connectivity index (χ4n) is 1.79. The molecule has 1 aliphatic rings. The molecule has 1 unspecified atom stereocenters. The molecule has 0 radical (unpaired) electrons. The Bertz CT molecular complexity index is 322. The van der Waals surface area contributed by atoms with Crippen LogP contribution in [-0.2, 0) is 9.53 Å². The Hall–Kier alpha value is -1.10. The van der Waals surface area contributed by atoms with Crippen molar-refractivity contribution in [3.63, 3.8) is 0 Å². The summed E-state index contributed by atoms with van der Waals surface area (Å²) >= 11 is 0. The molecule has 1 rings (SSSR count). The Balaban J connectivity index is 2.69. The standard InChI is InChI=1S/C12H22N2O3/c1-11(2,3)17-10(16)14-6-5-9(15)12(4,7-13)8-14/h5-8,13H2,1-4H3. The number of carbonyl (C=O) groups excluding carboxylic acids is 2. The average molecular weight is 242 g/mol. The zero-order valence-electron chi connectivity index (χ0n) is 11.1. The van der Waals surface area contributed by atoms with Crippen molar-refractivity contribution in [2.75, 3.05) is 19.6 Å². The van der Waals surface area contributed by atoms with Crippen molar-refractivity contribution in [2.24, 2.45) is 11.1 Å². The Labute approximate surface area is 102 Å². The number of Topliss-reactive ketones (excluding diaryl/α,β-unsaturated/α-hetero) is 1. The van der Waals surface area contributed by atoms with Gasteiger partial charge in [0.1, 0.15) is 11.4 Å². The van der Waals surface area contributed by atoms with E-state index < -0.39 is 11.0 Å². The minimum Gasteiger partial charge on any atom is -0.444 e. The van der Waals surface area contributed by atoms with Crippen LogP contribution in [0.25, 0.3) is 0 Å². The third kappa shape index (κ3) is 3.43. The van der Waals surface area contributed by atoms with Gasteiger partial charge in [0, 0.05) is 26.1 Å². The molecule has 1 heterocycles. The highest BCUT2D eigenvalue weighted by atomic mass is 16.6. The van der Waals surface area contributed by atoms with Gasteiger partial charge in [0.2, 0.25) is 0 Å². The highest BCUT2D eigenvalue weighted by molar-refractivity contribution is 5.87. The average Bonchev–Trinajstić information content (AvgIpc) is 2.19. The Morgan fingerprint density at radius 2 is 2.12 bits per heavy atom. The van der Waals surface area contributed by atoms with E-state index in [9.17, 15) is 9.59 Å². The fourth-order valence-corrected chi connectivity index (χ4v) is 1.79. The summed E-state index contributed by atoms with van der Waals surface area (Å²) < 4.78 is 5.29. The highest BCUT2D eigenvalue weighted by Crippen LogP contribution is 2.26. The van der Waals surface area contributed by atoms with E-state index in [0.717, 1.165) is 0 Å². The molecule has 1 saturated heterocycles. The van der Waals surface area contributed by atoms with Gasteiger partial charge in [0.25, 0.3) is 0 Å². The zero-order chi connectivity index (χ0) is 13.3. The van der Waals surface area contributed by atoms with Crippen LogP contribution in [0.2, 0.25) is 0 Å². The third-order valence-corrected chi connectivity index (χ3v) is 2.92. The number of rotatable bonds is 1. The summed E-state index contributed by atoms with van der Waals surface area (Å²) in [5.74, 6) is 0.125. The molecule has 5 nitrogen and oxygen atoms in total. The predicted molar refractivity (Wildman–Crippen MR) is 64.6 cm³/mol. The van der Waals surface area contributed by atoms with E-state index in [2.05, 4.69) is 0 Å². The summed E-state index contributed by atoms with van der Waals surface area (Å²) in [4.78, 5) is 25.2. The number of carbonyl (C=O) groups is 2. The summed E-state index contributed by atoms with van der Waals surface area (Å²) in [5, 5.41) is 0. The number of hydrogen-bond donors (Lipinski definition) is 1. The lowest BCUT2D eigenvalue weighted by molar-refractivity contribution is -0.131. The molecule has 1 fully saturated rings. The van der Waals surface area contributed by atoms with Gasteiger partial charge < -0.3 is 15.4 Å². The maximum absolute atomic E-state index is 11.9. The van der Waals surface area contributed by atoms with Crippen LogP contribution in [0, 0.1) is 5.41 Å². The van der Waals surface area contributed by atoms with Crippen molar-refractivity contribution in [3.05, 3.63) is 0 Å². The number of nitrogens with two attached hydrogens (primary N) is 1. The van der Waals surface area contributed by atoms with Crippen LogP contribution in [-0.4, -0.2) is 42.0 Å². The van der Waals surface area contributed by atoms with E-state index >= 15 is 0 Å². The quantitative estimate of drug-likeness (QED) is 0.749. The van der Waals surface area contributed by atoms with Crippen LogP contribution in [0.3, 0.4) is 0 Å². The minimum absolute atomic E-state index is 0.125. The van der Waals surface area contributed by atoms with Gasteiger partial charge in [-0.3, -0.25) is 4.79 Å².